The smallest absolute Gasteiger partial charge is 0.329 e. The van der Waals surface area contributed by atoms with Gasteiger partial charge in [0.05, 0.1) is 23.5 Å². The van der Waals surface area contributed by atoms with E-state index in [1.54, 1.807) is 24.3 Å². The van der Waals surface area contributed by atoms with Crippen molar-refractivity contribution in [2.75, 3.05) is 11.9 Å². The van der Waals surface area contributed by atoms with Crippen molar-refractivity contribution in [2.45, 2.75) is 38.6 Å². The Balaban J connectivity index is 1.54. The number of anilines is 1. The number of hydrogen-bond donors (Lipinski definition) is 1. The topological polar surface area (TPSA) is 117 Å². The van der Waals surface area contributed by atoms with Gasteiger partial charge in [-0.15, -0.1) is 0 Å². The molecule has 1 aliphatic heterocycles. The summed E-state index contributed by atoms with van der Waals surface area (Å²) in [5, 5.41) is 11.3. The fraction of sp³-hybridized carbons (Fsp3) is 0.450. The van der Waals surface area contributed by atoms with Gasteiger partial charge in [-0.1, -0.05) is 12.8 Å². The van der Waals surface area contributed by atoms with Gasteiger partial charge < -0.3 is 10.1 Å². The highest BCUT2D eigenvalue weighted by molar-refractivity contribution is 6.08. The maximum atomic E-state index is 12.5. The summed E-state index contributed by atoms with van der Waals surface area (Å²) >= 11 is 0. The average molecular weight is 383 g/mol. The number of fused-ring (bicyclic) bond motifs is 1. The van der Waals surface area contributed by atoms with Crippen LogP contribution in [0.1, 0.15) is 38.2 Å². The first-order valence-electron chi connectivity index (χ1n) is 9.26. The predicted molar refractivity (Wildman–Crippen MR) is 97.5 cm³/mol. The first-order valence-corrected chi connectivity index (χ1v) is 9.26. The number of nitrogens with zero attached hydrogens (tertiary/aromatic N) is 2. The number of benzene rings is 1. The van der Waals surface area contributed by atoms with Crippen LogP contribution in [0.25, 0.3) is 0 Å². The second-order valence-electron chi connectivity index (χ2n) is 7.06. The number of esters is 1. The molecule has 0 spiro atoms. The molecule has 1 aromatic rings. The molecule has 146 valence electrons. The fourth-order valence-corrected chi connectivity index (χ4v) is 3.76. The Hall–Kier alpha value is -3.21. The number of hydrogen-bond acceptors (Lipinski definition) is 6. The molecule has 0 radical (unpaired) electrons. The van der Waals surface area contributed by atoms with Crippen molar-refractivity contribution in [2.24, 2.45) is 11.8 Å². The maximum Gasteiger partial charge on any atom is 0.329 e. The van der Waals surface area contributed by atoms with E-state index in [2.05, 4.69) is 5.32 Å². The molecular weight excluding hydrogens is 362 g/mol. The third kappa shape index (κ3) is 3.88. The minimum absolute atomic E-state index is 0.318. The standard InChI is InChI=1S/C20H21N3O5/c1-12(23-18(25)15-4-2-3-5-16(15)19(23)26)20(27)28-11-17(24)22-14-8-6-13(10-21)7-9-14/h6-9,12,15-16H,2-5,11H2,1H3,(H,22,24)/t12-,15-,16+/m0/s1. The van der Waals surface area contributed by atoms with Gasteiger partial charge in [-0.3, -0.25) is 19.3 Å². The SMILES string of the molecule is C[C@@H](C(=O)OCC(=O)Nc1ccc(C#N)cc1)N1C(=O)[C@H]2CCCC[C@H]2C1=O. The Morgan fingerprint density at radius 2 is 1.75 bits per heavy atom. The second kappa shape index (κ2) is 8.21. The van der Waals surface area contributed by atoms with Crippen LogP contribution in [0.2, 0.25) is 0 Å². The Morgan fingerprint density at radius 3 is 2.29 bits per heavy atom. The van der Waals surface area contributed by atoms with Crippen molar-refractivity contribution in [1.82, 2.24) is 4.90 Å². The van der Waals surface area contributed by atoms with Gasteiger partial charge in [0.25, 0.3) is 5.91 Å². The molecule has 8 heteroatoms. The summed E-state index contributed by atoms with van der Waals surface area (Å²) in [5.41, 5.74) is 0.917. The third-order valence-electron chi connectivity index (χ3n) is 5.25. The van der Waals surface area contributed by atoms with E-state index in [9.17, 15) is 19.2 Å². The molecule has 0 bridgehead atoms. The van der Waals surface area contributed by atoms with E-state index in [-0.39, 0.29) is 23.7 Å². The monoisotopic (exact) mass is 383 g/mol. The lowest BCUT2D eigenvalue weighted by atomic mass is 9.81. The highest BCUT2D eigenvalue weighted by Gasteiger charge is 2.51. The molecule has 28 heavy (non-hydrogen) atoms. The largest absolute Gasteiger partial charge is 0.454 e. The lowest BCUT2D eigenvalue weighted by Gasteiger charge is -2.21. The van der Waals surface area contributed by atoms with E-state index < -0.39 is 24.5 Å². The Kier molecular flexibility index (Phi) is 5.73. The van der Waals surface area contributed by atoms with Crippen LogP contribution in [0.3, 0.4) is 0 Å². The first-order chi connectivity index (χ1) is 13.4. The molecule has 2 fully saturated rings. The maximum absolute atomic E-state index is 12.5. The van der Waals surface area contributed by atoms with E-state index in [0.29, 0.717) is 24.1 Å². The highest BCUT2D eigenvalue weighted by Crippen LogP contribution is 2.38. The molecule has 1 saturated heterocycles. The van der Waals surface area contributed by atoms with Crippen molar-refractivity contribution in [3.63, 3.8) is 0 Å². The molecule has 8 nitrogen and oxygen atoms in total. The number of likely N-dealkylation sites (tertiary alicyclic amines) is 1. The van der Waals surface area contributed by atoms with Gasteiger partial charge in [-0.25, -0.2) is 4.79 Å². The summed E-state index contributed by atoms with van der Waals surface area (Å²) in [6.45, 7) is 0.903. The highest BCUT2D eigenvalue weighted by atomic mass is 16.5. The molecule has 1 aromatic carbocycles. The van der Waals surface area contributed by atoms with Crippen molar-refractivity contribution in [3.8, 4) is 6.07 Å². The molecule has 2 aliphatic rings. The third-order valence-corrected chi connectivity index (χ3v) is 5.25. The lowest BCUT2D eigenvalue weighted by Crippen LogP contribution is -2.45. The van der Waals surface area contributed by atoms with Crippen LogP contribution >= 0.6 is 0 Å². The normalized spacial score (nSPS) is 22.2. The zero-order valence-electron chi connectivity index (χ0n) is 15.5. The Labute approximate surface area is 162 Å². The number of imide groups is 1. The molecule has 0 aromatic heterocycles. The molecule has 3 atom stereocenters. The lowest BCUT2D eigenvalue weighted by molar-refractivity contribution is -0.159. The molecule has 0 unspecified atom stereocenters. The first kappa shape index (κ1) is 19.5. The fourth-order valence-electron chi connectivity index (χ4n) is 3.76. The van der Waals surface area contributed by atoms with E-state index in [4.69, 9.17) is 10.00 Å². The van der Waals surface area contributed by atoms with E-state index >= 15 is 0 Å². The number of ether oxygens (including phenoxy) is 1. The number of carbonyl (C=O) groups excluding carboxylic acids is 4. The molecule has 1 saturated carbocycles. The minimum Gasteiger partial charge on any atom is -0.454 e. The summed E-state index contributed by atoms with van der Waals surface area (Å²) in [6.07, 6.45) is 3.14. The second-order valence-corrected chi connectivity index (χ2v) is 7.06. The quantitative estimate of drug-likeness (QED) is 0.610. The molecule has 1 aliphatic carbocycles. The van der Waals surface area contributed by atoms with Gasteiger partial charge in [0, 0.05) is 5.69 Å². The van der Waals surface area contributed by atoms with Crippen molar-refractivity contribution >= 4 is 29.4 Å². The Morgan fingerprint density at radius 1 is 1.18 bits per heavy atom. The Bertz CT molecular complexity index is 818. The zero-order valence-corrected chi connectivity index (χ0v) is 15.5. The number of amides is 3. The number of nitriles is 1. The number of carbonyl (C=O) groups is 4. The van der Waals surface area contributed by atoms with Crippen LogP contribution in [-0.4, -0.2) is 41.2 Å². The minimum atomic E-state index is -1.06. The van der Waals surface area contributed by atoms with Crippen LogP contribution in [0.15, 0.2) is 24.3 Å². The molecule has 1 heterocycles. The van der Waals surface area contributed by atoms with Crippen LogP contribution < -0.4 is 5.32 Å². The van der Waals surface area contributed by atoms with Crippen molar-refractivity contribution in [3.05, 3.63) is 29.8 Å². The summed E-state index contributed by atoms with van der Waals surface area (Å²) in [4.78, 5) is 50.3. The molecule has 1 N–H and O–H groups in total. The number of nitrogens with one attached hydrogen (secondary N) is 1. The number of rotatable bonds is 5. The van der Waals surface area contributed by atoms with Gasteiger partial charge in [0.1, 0.15) is 6.04 Å². The van der Waals surface area contributed by atoms with E-state index in [1.807, 2.05) is 6.07 Å². The van der Waals surface area contributed by atoms with Gasteiger partial charge >= 0.3 is 5.97 Å². The van der Waals surface area contributed by atoms with Gasteiger partial charge in [0.15, 0.2) is 6.61 Å². The summed E-state index contributed by atoms with van der Waals surface area (Å²) in [6, 6.07) is 7.13. The summed E-state index contributed by atoms with van der Waals surface area (Å²) in [7, 11) is 0. The molecular formula is C20H21N3O5. The zero-order chi connectivity index (χ0) is 20.3. The van der Waals surface area contributed by atoms with Crippen LogP contribution in [0, 0.1) is 23.2 Å². The van der Waals surface area contributed by atoms with Crippen LogP contribution in [0.5, 0.6) is 0 Å². The summed E-state index contributed by atoms with van der Waals surface area (Å²) < 4.78 is 5.00. The van der Waals surface area contributed by atoms with Gasteiger partial charge in [0.2, 0.25) is 11.8 Å². The molecule has 3 amide bonds. The predicted octanol–water partition coefficient (Wildman–Crippen LogP) is 1.60. The van der Waals surface area contributed by atoms with E-state index in [1.165, 1.54) is 6.92 Å². The van der Waals surface area contributed by atoms with Crippen LogP contribution in [0.4, 0.5) is 5.69 Å². The van der Waals surface area contributed by atoms with Gasteiger partial charge in [-0.2, -0.15) is 5.26 Å². The summed E-state index contributed by atoms with van der Waals surface area (Å²) in [5.74, 6) is -2.66. The van der Waals surface area contributed by atoms with Crippen molar-refractivity contribution < 1.29 is 23.9 Å². The van der Waals surface area contributed by atoms with E-state index in [0.717, 1.165) is 17.7 Å². The van der Waals surface area contributed by atoms with Crippen molar-refractivity contribution in [1.29, 1.82) is 5.26 Å². The molecule has 3 rings (SSSR count). The van der Waals surface area contributed by atoms with Crippen LogP contribution in [-0.2, 0) is 23.9 Å². The average Bonchev–Trinajstić information content (AvgIpc) is 2.97. The van der Waals surface area contributed by atoms with Gasteiger partial charge in [-0.05, 0) is 44.0 Å².